The van der Waals surface area contributed by atoms with E-state index < -0.39 is 5.54 Å². The minimum Gasteiger partial charge on any atom is -0.368 e. The molecule has 19 heavy (non-hydrogen) atoms. The second kappa shape index (κ2) is 5.74. The summed E-state index contributed by atoms with van der Waals surface area (Å²) in [6.07, 6.45) is 4.03. The lowest BCUT2D eigenvalue weighted by Gasteiger charge is -2.36. The molecule has 0 unspecified atom stereocenters. The average molecular weight is 260 g/mol. The van der Waals surface area contributed by atoms with Crippen LogP contribution in [0.2, 0.25) is 0 Å². The van der Waals surface area contributed by atoms with Crippen LogP contribution in [0, 0.1) is 5.92 Å². The molecule has 3 heteroatoms. The molecule has 1 amide bonds. The molecule has 0 saturated heterocycles. The van der Waals surface area contributed by atoms with E-state index in [1.165, 1.54) is 5.56 Å². The first-order chi connectivity index (χ1) is 9.10. The van der Waals surface area contributed by atoms with Crippen molar-refractivity contribution in [1.82, 2.24) is 5.32 Å². The van der Waals surface area contributed by atoms with Crippen LogP contribution in [-0.4, -0.2) is 11.4 Å². The third-order valence-electron chi connectivity index (χ3n) is 4.53. The molecule has 1 fully saturated rings. The summed E-state index contributed by atoms with van der Waals surface area (Å²) >= 11 is 0. The van der Waals surface area contributed by atoms with Gasteiger partial charge in [-0.2, -0.15) is 0 Å². The number of primary amides is 1. The van der Waals surface area contributed by atoms with E-state index in [1.54, 1.807) is 0 Å². The Balaban J connectivity index is 2.20. The molecule has 1 aliphatic carbocycles. The summed E-state index contributed by atoms with van der Waals surface area (Å²) in [6.45, 7) is 4.24. The minimum atomic E-state index is -0.524. The number of benzene rings is 1. The molecule has 0 radical (unpaired) electrons. The summed E-state index contributed by atoms with van der Waals surface area (Å²) in [6, 6.07) is 10.4. The summed E-state index contributed by atoms with van der Waals surface area (Å²) in [4.78, 5) is 12.0. The van der Waals surface area contributed by atoms with E-state index >= 15 is 0 Å². The fourth-order valence-corrected chi connectivity index (χ4v) is 3.43. The van der Waals surface area contributed by atoms with Gasteiger partial charge in [0, 0.05) is 6.04 Å². The van der Waals surface area contributed by atoms with E-state index in [1.807, 2.05) is 18.2 Å². The van der Waals surface area contributed by atoms with Crippen molar-refractivity contribution in [3.8, 4) is 0 Å². The summed E-state index contributed by atoms with van der Waals surface area (Å²) in [5.74, 6) is 0.163. The monoisotopic (exact) mass is 260 g/mol. The number of nitrogens with one attached hydrogen (secondary N) is 1. The van der Waals surface area contributed by atoms with Gasteiger partial charge in [0.2, 0.25) is 5.91 Å². The highest BCUT2D eigenvalue weighted by Gasteiger charge is 2.47. The van der Waals surface area contributed by atoms with Crippen molar-refractivity contribution in [2.45, 2.75) is 51.1 Å². The molecular weight excluding hydrogens is 236 g/mol. The van der Waals surface area contributed by atoms with Gasteiger partial charge < -0.3 is 5.73 Å². The lowest BCUT2D eigenvalue weighted by Crippen LogP contribution is -2.58. The lowest BCUT2D eigenvalue weighted by atomic mass is 9.83. The van der Waals surface area contributed by atoms with Gasteiger partial charge >= 0.3 is 0 Å². The van der Waals surface area contributed by atoms with Crippen LogP contribution >= 0.6 is 0 Å². The average Bonchev–Trinajstić information content (AvgIpc) is 2.83. The molecule has 104 valence electrons. The van der Waals surface area contributed by atoms with Crippen LogP contribution in [0.1, 0.15) is 51.1 Å². The first kappa shape index (κ1) is 14.1. The number of carbonyl (C=O) groups is 1. The second-order valence-corrected chi connectivity index (χ2v) is 5.61. The molecule has 3 N–H and O–H groups in total. The van der Waals surface area contributed by atoms with E-state index in [-0.39, 0.29) is 11.9 Å². The first-order valence-electron chi connectivity index (χ1n) is 7.22. The highest BCUT2D eigenvalue weighted by atomic mass is 16.1. The molecule has 0 spiro atoms. The van der Waals surface area contributed by atoms with Crippen molar-refractivity contribution < 1.29 is 4.79 Å². The summed E-state index contributed by atoms with van der Waals surface area (Å²) in [5.41, 5.74) is 6.40. The van der Waals surface area contributed by atoms with E-state index in [2.05, 4.69) is 31.3 Å². The smallest absolute Gasteiger partial charge is 0.238 e. The van der Waals surface area contributed by atoms with E-state index in [0.717, 1.165) is 25.7 Å². The van der Waals surface area contributed by atoms with Crippen LogP contribution in [0.3, 0.4) is 0 Å². The number of nitrogens with two attached hydrogens (primary N) is 1. The molecule has 1 saturated carbocycles. The van der Waals surface area contributed by atoms with Gasteiger partial charge in [-0.25, -0.2) is 0 Å². The van der Waals surface area contributed by atoms with Crippen molar-refractivity contribution in [3.63, 3.8) is 0 Å². The summed E-state index contributed by atoms with van der Waals surface area (Å²) in [7, 11) is 0. The van der Waals surface area contributed by atoms with Gasteiger partial charge in [0.15, 0.2) is 0 Å². The van der Waals surface area contributed by atoms with Crippen molar-refractivity contribution in [3.05, 3.63) is 35.9 Å². The number of hydrogen-bond acceptors (Lipinski definition) is 2. The Kier molecular flexibility index (Phi) is 4.25. The van der Waals surface area contributed by atoms with Gasteiger partial charge in [-0.15, -0.1) is 0 Å². The van der Waals surface area contributed by atoms with Crippen LogP contribution in [-0.2, 0) is 4.79 Å². The number of carbonyl (C=O) groups excluding carboxylic acids is 1. The van der Waals surface area contributed by atoms with E-state index in [4.69, 9.17) is 5.73 Å². The van der Waals surface area contributed by atoms with Gasteiger partial charge in [0.05, 0.1) is 0 Å². The summed E-state index contributed by atoms with van der Waals surface area (Å²) < 4.78 is 0. The quantitative estimate of drug-likeness (QED) is 0.855. The Morgan fingerprint density at radius 3 is 2.74 bits per heavy atom. The third kappa shape index (κ3) is 2.66. The highest BCUT2D eigenvalue weighted by Crippen LogP contribution is 2.39. The topological polar surface area (TPSA) is 55.1 Å². The molecule has 3 nitrogen and oxygen atoms in total. The Morgan fingerprint density at radius 1 is 1.47 bits per heavy atom. The molecule has 2 rings (SSSR count). The first-order valence-corrected chi connectivity index (χ1v) is 7.22. The van der Waals surface area contributed by atoms with Crippen molar-refractivity contribution in [2.24, 2.45) is 11.7 Å². The van der Waals surface area contributed by atoms with Crippen molar-refractivity contribution in [2.75, 3.05) is 0 Å². The molecule has 0 aliphatic heterocycles. The molecule has 3 atom stereocenters. The maximum absolute atomic E-state index is 12.0. The highest BCUT2D eigenvalue weighted by molar-refractivity contribution is 5.85. The third-order valence-corrected chi connectivity index (χ3v) is 4.53. The summed E-state index contributed by atoms with van der Waals surface area (Å²) in [5, 5.41) is 3.53. The van der Waals surface area contributed by atoms with Crippen LogP contribution in [0.4, 0.5) is 0 Å². The number of amides is 1. The molecule has 0 aromatic heterocycles. The molecule has 0 bridgehead atoms. The van der Waals surface area contributed by atoms with Crippen molar-refractivity contribution >= 4 is 5.91 Å². The molecule has 1 aromatic carbocycles. The Labute approximate surface area is 115 Å². The molecular formula is C16H24N2O. The van der Waals surface area contributed by atoms with Crippen LogP contribution in [0.5, 0.6) is 0 Å². The van der Waals surface area contributed by atoms with Crippen LogP contribution in [0.15, 0.2) is 30.3 Å². The van der Waals surface area contributed by atoms with E-state index in [9.17, 15) is 4.79 Å². The standard InChI is InChI=1S/C16H24N2O/c1-3-14-10-7-11-16(14,15(17)19)18-12(2)13-8-5-4-6-9-13/h4-6,8-9,12,14,18H,3,7,10-11H2,1-2H3,(H2,17,19)/t12-,14+,16+/m1/s1. The van der Waals surface area contributed by atoms with Gasteiger partial charge in [-0.1, -0.05) is 50.1 Å². The maximum Gasteiger partial charge on any atom is 0.238 e. The molecule has 1 aromatic rings. The van der Waals surface area contributed by atoms with Gasteiger partial charge in [0.25, 0.3) is 0 Å². The second-order valence-electron chi connectivity index (χ2n) is 5.61. The number of hydrogen-bond donors (Lipinski definition) is 2. The van der Waals surface area contributed by atoms with Crippen molar-refractivity contribution in [1.29, 1.82) is 0 Å². The Bertz CT molecular complexity index is 432. The van der Waals surface area contributed by atoms with Gasteiger partial charge in [0.1, 0.15) is 5.54 Å². The maximum atomic E-state index is 12.0. The number of rotatable bonds is 5. The predicted octanol–water partition coefficient (Wildman–Crippen LogP) is 2.77. The molecule has 1 aliphatic rings. The Morgan fingerprint density at radius 2 is 2.16 bits per heavy atom. The normalized spacial score (nSPS) is 28.2. The van der Waals surface area contributed by atoms with Gasteiger partial charge in [-0.3, -0.25) is 10.1 Å². The van der Waals surface area contributed by atoms with E-state index in [0.29, 0.717) is 5.92 Å². The molecule has 0 heterocycles. The zero-order valence-electron chi connectivity index (χ0n) is 11.9. The Hall–Kier alpha value is -1.35. The lowest BCUT2D eigenvalue weighted by molar-refractivity contribution is -0.126. The zero-order valence-corrected chi connectivity index (χ0v) is 11.9. The van der Waals surface area contributed by atoms with Crippen LogP contribution < -0.4 is 11.1 Å². The van der Waals surface area contributed by atoms with Crippen LogP contribution in [0.25, 0.3) is 0 Å². The fraction of sp³-hybridized carbons (Fsp3) is 0.562. The zero-order chi connectivity index (χ0) is 13.9. The fourth-order valence-electron chi connectivity index (χ4n) is 3.43. The minimum absolute atomic E-state index is 0.140. The largest absolute Gasteiger partial charge is 0.368 e. The predicted molar refractivity (Wildman–Crippen MR) is 77.6 cm³/mol. The van der Waals surface area contributed by atoms with Gasteiger partial charge in [-0.05, 0) is 31.2 Å². The SMILES string of the molecule is CC[C@H]1CCC[C@@]1(N[C@H](C)c1ccccc1)C(N)=O.